The lowest BCUT2D eigenvalue weighted by atomic mass is 10.1. The van der Waals surface area contributed by atoms with Crippen molar-refractivity contribution in [2.45, 2.75) is 26.7 Å². The summed E-state index contributed by atoms with van der Waals surface area (Å²) in [6.45, 7) is 7.91. The van der Waals surface area contributed by atoms with E-state index in [2.05, 4.69) is 30.6 Å². The molecular formula is C12H19N. The van der Waals surface area contributed by atoms with Crippen LogP contribution in [0.2, 0.25) is 0 Å². The predicted molar refractivity (Wildman–Crippen MR) is 55.3 cm³/mol. The van der Waals surface area contributed by atoms with Crippen LogP contribution < -0.4 is 0 Å². The first-order valence-corrected chi connectivity index (χ1v) is 5.46. The molecule has 1 heteroatoms. The van der Waals surface area contributed by atoms with Gasteiger partial charge in [-0.05, 0) is 31.2 Å². The minimum Gasteiger partial charge on any atom is -0.292 e. The van der Waals surface area contributed by atoms with E-state index in [1.54, 1.807) is 0 Å². The minimum atomic E-state index is 0.526. The van der Waals surface area contributed by atoms with Crippen LogP contribution in [0.3, 0.4) is 0 Å². The second-order valence-electron chi connectivity index (χ2n) is 4.76. The van der Waals surface area contributed by atoms with E-state index in [1.807, 2.05) is 0 Å². The van der Waals surface area contributed by atoms with Crippen molar-refractivity contribution in [3.8, 4) is 11.8 Å². The molecule has 0 bridgehead atoms. The van der Waals surface area contributed by atoms with Crippen molar-refractivity contribution in [3.05, 3.63) is 0 Å². The summed E-state index contributed by atoms with van der Waals surface area (Å²) in [6, 6.07) is 0. The molecule has 0 spiro atoms. The third kappa shape index (κ3) is 2.48. The lowest BCUT2D eigenvalue weighted by Crippen LogP contribution is -2.31. The van der Waals surface area contributed by atoms with Gasteiger partial charge in [0.1, 0.15) is 0 Å². The summed E-state index contributed by atoms with van der Waals surface area (Å²) in [5.74, 6) is 9.15. The first-order chi connectivity index (χ1) is 6.25. The summed E-state index contributed by atoms with van der Waals surface area (Å²) in [7, 11) is 0. The maximum Gasteiger partial charge on any atom is 0.0601 e. The summed E-state index contributed by atoms with van der Waals surface area (Å²) >= 11 is 0. The molecule has 1 saturated carbocycles. The Labute approximate surface area is 81.5 Å². The van der Waals surface area contributed by atoms with Crippen molar-refractivity contribution in [2.24, 2.45) is 17.8 Å². The van der Waals surface area contributed by atoms with Crippen LogP contribution in [0.25, 0.3) is 0 Å². The second-order valence-corrected chi connectivity index (χ2v) is 4.76. The summed E-state index contributed by atoms with van der Waals surface area (Å²) in [5, 5.41) is 0. The van der Waals surface area contributed by atoms with Gasteiger partial charge in [0.2, 0.25) is 0 Å². The number of piperidine rings is 1. The van der Waals surface area contributed by atoms with Gasteiger partial charge >= 0.3 is 0 Å². The smallest absolute Gasteiger partial charge is 0.0601 e. The van der Waals surface area contributed by atoms with Gasteiger partial charge < -0.3 is 0 Å². The number of nitrogens with zero attached hydrogens (tertiary/aromatic N) is 1. The molecule has 1 saturated heterocycles. The third-order valence-corrected chi connectivity index (χ3v) is 3.07. The van der Waals surface area contributed by atoms with E-state index in [9.17, 15) is 0 Å². The molecule has 2 aliphatic rings. The van der Waals surface area contributed by atoms with Crippen LogP contribution >= 0.6 is 0 Å². The van der Waals surface area contributed by atoms with E-state index in [-0.39, 0.29) is 0 Å². The first kappa shape index (κ1) is 9.09. The zero-order chi connectivity index (χ0) is 9.26. The standard InChI is InChI=1S/C12H19N/c1-10(2)4-3-6-13-7-5-11-8-12(11)9-13/h10-12H,5-9H2,1-2H3. The van der Waals surface area contributed by atoms with Gasteiger partial charge in [-0.3, -0.25) is 4.90 Å². The molecule has 0 N–H and O–H groups in total. The van der Waals surface area contributed by atoms with Crippen molar-refractivity contribution < 1.29 is 0 Å². The van der Waals surface area contributed by atoms with Crippen LogP contribution in [-0.4, -0.2) is 24.5 Å². The Morgan fingerprint density at radius 1 is 1.38 bits per heavy atom. The largest absolute Gasteiger partial charge is 0.292 e. The van der Waals surface area contributed by atoms with Crippen LogP contribution in [-0.2, 0) is 0 Å². The van der Waals surface area contributed by atoms with E-state index in [0.29, 0.717) is 5.92 Å². The highest BCUT2D eigenvalue weighted by molar-refractivity contribution is 5.05. The van der Waals surface area contributed by atoms with Crippen LogP contribution in [0, 0.1) is 29.6 Å². The molecule has 1 aliphatic carbocycles. The zero-order valence-corrected chi connectivity index (χ0v) is 8.71. The van der Waals surface area contributed by atoms with Gasteiger partial charge in [-0.25, -0.2) is 0 Å². The Balaban J connectivity index is 1.73. The van der Waals surface area contributed by atoms with E-state index < -0.39 is 0 Å². The molecular weight excluding hydrogens is 158 g/mol. The van der Waals surface area contributed by atoms with Gasteiger partial charge in [0.05, 0.1) is 6.54 Å². The van der Waals surface area contributed by atoms with Gasteiger partial charge in [0.15, 0.2) is 0 Å². The van der Waals surface area contributed by atoms with Gasteiger partial charge in [-0.15, -0.1) is 0 Å². The molecule has 0 aromatic heterocycles. The van der Waals surface area contributed by atoms with Crippen molar-refractivity contribution in [3.63, 3.8) is 0 Å². The maximum absolute atomic E-state index is 3.27. The highest BCUT2D eigenvalue weighted by Crippen LogP contribution is 2.44. The van der Waals surface area contributed by atoms with Crippen molar-refractivity contribution in [2.75, 3.05) is 19.6 Å². The summed E-state index contributed by atoms with van der Waals surface area (Å²) in [6.07, 6.45) is 2.92. The fraction of sp³-hybridized carbons (Fsp3) is 0.833. The van der Waals surface area contributed by atoms with Crippen LogP contribution in [0.1, 0.15) is 26.7 Å². The molecule has 2 rings (SSSR count). The average molecular weight is 177 g/mol. The molecule has 2 fully saturated rings. The SMILES string of the molecule is CC(C)C#CCN1CCC2CC2C1. The molecule has 2 atom stereocenters. The molecule has 0 radical (unpaired) electrons. The highest BCUT2D eigenvalue weighted by atomic mass is 15.1. The Kier molecular flexibility index (Phi) is 2.60. The van der Waals surface area contributed by atoms with Crippen LogP contribution in [0.4, 0.5) is 0 Å². The van der Waals surface area contributed by atoms with Crippen molar-refractivity contribution in [1.29, 1.82) is 0 Å². The van der Waals surface area contributed by atoms with Crippen LogP contribution in [0.5, 0.6) is 0 Å². The van der Waals surface area contributed by atoms with Gasteiger partial charge in [0.25, 0.3) is 0 Å². The van der Waals surface area contributed by atoms with E-state index in [1.165, 1.54) is 25.9 Å². The van der Waals surface area contributed by atoms with Crippen molar-refractivity contribution in [1.82, 2.24) is 4.90 Å². The Morgan fingerprint density at radius 3 is 2.92 bits per heavy atom. The average Bonchev–Trinajstić information content (AvgIpc) is 2.81. The fourth-order valence-corrected chi connectivity index (χ4v) is 2.16. The lowest BCUT2D eigenvalue weighted by Gasteiger charge is -2.23. The van der Waals surface area contributed by atoms with Crippen LogP contribution in [0.15, 0.2) is 0 Å². The van der Waals surface area contributed by atoms with Gasteiger partial charge in [-0.1, -0.05) is 25.7 Å². The summed E-state index contributed by atoms with van der Waals surface area (Å²) in [5.41, 5.74) is 0. The number of fused-ring (bicyclic) bond motifs is 1. The maximum atomic E-state index is 3.27. The Morgan fingerprint density at radius 2 is 2.23 bits per heavy atom. The topological polar surface area (TPSA) is 3.24 Å². The van der Waals surface area contributed by atoms with E-state index >= 15 is 0 Å². The number of hydrogen-bond donors (Lipinski definition) is 0. The normalized spacial score (nSPS) is 32.2. The highest BCUT2D eigenvalue weighted by Gasteiger charge is 2.40. The molecule has 1 aliphatic heterocycles. The molecule has 0 amide bonds. The summed E-state index contributed by atoms with van der Waals surface area (Å²) in [4.78, 5) is 2.52. The van der Waals surface area contributed by atoms with Gasteiger partial charge in [0, 0.05) is 12.5 Å². The predicted octanol–water partition coefficient (Wildman–Crippen LogP) is 1.99. The molecule has 1 heterocycles. The zero-order valence-electron chi connectivity index (χ0n) is 8.71. The minimum absolute atomic E-state index is 0.526. The van der Waals surface area contributed by atoms with Crippen molar-refractivity contribution >= 4 is 0 Å². The third-order valence-electron chi connectivity index (χ3n) is 3.07. The number of rotatable bonds is 1. The summed E-state index contributed by atoms with van der Waals surface area (Å²) < 4.78 is 0. The molecule has 72 valence electrons. The van der Waals surface area contributed by atoms with Gasteiger partial charge in [-0.2, -0.15) is 0 Å². The molecule has 1 nitrogen and oxygen atoms in total. The Bertz CT molecular complexity index is 233. The van der Waals surface area contributed by atoms with E-state index in [4.69, 9.17) is 0 Å². The lowest BCUT2D eigenvalue weighted by molar-refractivity contribution is 0.244. The molecule has 0 aromatic rings. The van der Waals surface area contributed by atoms with E-state index in [0.717, 1.165) is 18.4 Å². The first-order valence-electron chi connectivity index (χ1n) is 5.46. The molecule has 0 aromatic carbocycles. The number of likely N-dealkylation sites (tertiary alicyclic amines) is 1. The number of hydrogen-bond acceptors (Lipinski definition) is 1. The monoisotopic (exact) mass is 177 g/mol. The Hall–Kier alpha value is -0.480. The second kappa shape index (κ2) is 3.72. The molecule has 13 heavy (non-hydrogen) atoms. The quantitative estimate of drug-likeness (QED) is 0.554. The molecule has 2 unspecified atom stereocenters. The fourth-order valence-electron chi connectivity index (χ4n) is 2.16.